The Morgan fingerprint density at radius 3 is 2.72 bits per heavy atom. The monoisotopic (exact) mass is 416 g/mol. The second-order valence-electron chi connectivity index (χ2n) is 7.69. The molecule has 156 valence electrons. The number of anilines is 1. The minimum absolute atomic E-state index is 0.0337. The van der Waals surface area contributed by atoms with Crippen molar-refractivity contribution in [3.05, 3.63) is 52.2 Å². The molecule has 0 saturated carbocycles. The number of rotatable bonds is 9. The minimum atomic E-state index is -0.191. The minimum Gasteiger partial charge on any atom is -0.372 e. The zero-order valence-corrected chi connectivity index (χ0v) is 18.0. The molecule has 1 saturated heterocycles. The van der Waals surface area contributed by atoms with Crippen LogP contribution in [0.1, 0.15) is 23.3 Å². The summed E-state index contributed by atoms with van der Waals surface area (Å²) in [6, 6.07) is 11.8. The van der Waals surface area contributed by atoms with Crippen molar-refractivity contribution in [2.24, 2.45) is 0 Å². The van der Waals surface area contributed by atoms with Gasteiger partial charge in [0, 0.05) is 19.3 Å². The van der Waals surface area contributed by atoms with E-state index in [1.54, 1.807) is 18.4 Å². The summed E-state index contributed by atoms with van der Waals surface area (Å²) in [6.07, 6.45) is 2.36. The number of hydrogen-bond donors (Lipinski definition) is 2. The molecule has 0 bridgehead atoms. The van der Waals surface area contributed by atoms with E-state index >= 15 is 0 Å². The van der Waals surface area contributed by atoms with Crippen molar-refractivity contribution in [2.75, 3.05) is 38.6 Å². The van der Waals surface area contributed by atoms with Crippen LogP contribution in [0, 0.1) is 6.92 Å². The molecule has 0 spiro atoms. The normalized spacial score (nSPS) is 17.1. The first kappa shape index (κ1) is 21.5. The van der Waals surface area contributed by atoms with Gasteiger partial charge in [-0.25, -0.2) is 0 Å². The van der Waals surface area contributed by atoms with E-state index in [2.05, 4.69) is 16.8 Å². The van der Waals surface area contributed by atoms with Crippen molar-refractivity contribution in [3.63, 3.8) is 0 Å². The van der Waals surface area contributed by atoms with Gasteiger partial charge in [0.15, 0.2) is 6.54 Å². The molecule has 1 unspecified atom stereocenters. The molecule has 7 heteroatoms. The Balaban J connectivity index is 1.52. The first-order chi connectivity index (χ1) is 14.0. The van der Waals surface area contributed by atoms with Crippen LogP contribution >= 0.6 is 11.3 Å². The van der Waals surface area contributed by atoms with E-state index in [1.807, 2.05) is 37.3 Å². The van der Waals surface area contributed by atoms with Gasteiger partial charge < -0.3 is 19.9 Å². The van der Waals surface area contributed by atoms with E-state index in [0.717, 1.165) is 43.8 Å². The van der Waals surface area contributed by atoms with Crippen molar-refractivity contribution >= 4 is 28.8 Å². The van der Waals surface area contributed by atoms with E-state index in [-0.39, 0.29) is 24.5 Å². The molecule has 1 aromatic carbocycles. The first-order valence-electron chi connectivity index (χ1n) is 10.1. The molecule has 0 aliphatic carbocycles. The van der Waals surface area contributed by atoms with Crippen LogP contribution in [-0.2, 0) is 20.9 Å². The maximum Gasteiger partial charge on any atom is 0.277 e. The Morgan fingerprint density at radius 1 is 1.28 bits per heavy atom. The fourth-order valence-corrected chi connectivity index (χ4v) is 4.26. The van der Waals surface area contributed by atoms with Crippen LogP contribution in [-0.4, -0.2) is 56.1 Å². The first-order valence-corrected chi connectivity index (χ1v) is 11.0. The number of carbonyl (C=O) groups is 2. The number of quaternary nitrogens is 1. The highest BCUT2D eigenvalue weighted by Crippen LogP contribution is 2.11. The number of thiophene rings is 1. The summed E-state index contributed by atoms with van der Waals surface area (Å²) in [6.45, 7) is 4.81. The molecular weight excluding hydrogens is 386 g/mol. The van der Waals surface area contributed by atoms with E-state index in [9.17, 15) is 9.59 Å². The summed E-state index contributed by atoms with van der Waals surface area (Å²) >= 11 is 1.71. The lowest BCUT2D eigenvalue weighted by Crippen LogP contribution is -3.13. The predicted octanol–water partition coefficient (Wildman–Crippen LogP) is 1.72. The topological polar surface area (TPSA) is 63.1 Å². The molecular formula is C22H30N3O3S+. The van der Waals surface area contributed by atoms with Crippen LogP contribution in [0.5, 0.6) is 0 Å². The van der Waals surface area contributed by atoms with Crippen LogP contribution in [0.4, 0.5) is 5.69 Å². The van der Waals surface area contributed by atoms with Crippen LogP contribution in [0.25, 0.3) is 0 Å². The third-order valence-corrected chi connectivity index (χ3v) is 5.96. The van der Waals surface area contributed by atoms with Gasteiger partial charge in [-0.1, -0.05) is 23.8 Å². The number of hydrogen-bond acceptors (Lipinski definition) is 4. The second kappa shape index (κ2) is 10.5. The average molecular weight is 417 g/mol. The average Bonchev–Trinajstić information content (AvgIpc) is 3.37. The fourth-order valence-electron chi connectivity index (χ4n) is 3.48. The molecule has 2 N–H and O–H groups in total. The largest absolute Gasteiger partial charge is 0.372 e. The van der Waals surface area contributed by atoms with Gasteiger partial charge in [-0.2, -0.15) is 0 Å². The van der Waals surface area contributed by atoms with Gasteiger partial charge in [-0.15, -0.1) is 11.3 Å². The fraction of sp³-hybridized carbons (Fsp3) is 0.455. The maximum absolute atomic E-state index is 12.8. The van der Waals surface area contributed by atoms with Gasteiger partial charge in [-0.3, -0.25) is 9.59 Å². The molecule has 2 atom stereocenters. The molecule has 0 radical (unpaired) electrons. The van der Waals surface area contributed by atoms with Crippen molar-refractivity contribution in [1.29, 1.82) is 0 Å². The molecule has 1 aliphatic heterocycles. The molecule has 2 heterocycles. The number of aryl methyl sites for hydroxylation is 1. The number of nitrogens with zero attached hydrogens (tertiary/aromatic N) is 1. The maximum atomic E-state index is 12.8. The highest BCUT2D eigenvalue weighted by Gasteiger charge is 2.26. The summed E-state index contributed by atoms with van der Waals surface area (Å²) < 4.78 is 5.78. The lowest BCUT2D eigenvalue weighted by atomic mass is 10.2. The quantitative estimate of drug-likeness (QED) is 0.654. The Morgan fingerprint density at radius 2 is 2.07 bits per heavy atom. The standard InChI is InChI=1S/C22H29N3O3S/c1-17-7-9-18(10-8-17)23-21(26)15-24(2)22(27)16-25(13-19-5-3-11-28-19)14-20-6-4-12-29-20/h4,6-10,12,19H,3,5,11,13-16H2,1-2H3,(H,23,26)/p+1/t19-/m1/s1. The van der Waals surface area contributed by atoms with Crippen LogP contribution in [0.3, 0.4) is 0 Å². The van der Waals surface area contributed by atoms with E-state index in [1.165, 1.54) is 14.7 Å². The van der Waals surface area contributed by atoms with Gasteiger partial charge in [0.1, 0.15) is 19.2 Å². The summed E-state index contributed by atoms with van der Waals surface area (Å²) in [4.78, 5) is 29.0. The Labute approximate surface area is 176 Å². The zero-order valence-electron chi connectivity index (χ0n) is 17.1. The highest BCUT2D eigenvalue weighted by atomic mass is 32.1. The van der Waals surface area contributed by atoms with Crippen molar-refractivity contribution in [1.82, 2.24) is 4.90 Å². The van der Waals surface area contributed by atoms with Gasteiger partial charge in [0.25, 0.3) is 5.91 Å². The molecule has 29 heavy (non-hydrogen) atoms. The lowest BCUT2D eigenvalue weighted by Gasteiger charge is -2.24. The highest BCUT2D eigenvalue weighted by molar-refractivity contribution is 7.09. The Bertz CT molecular complexity index is 786. The van der Waals surface area contributed by atoms with Crippen LogP contribution in [0.15, 0.2) is 41.8 Å². The number of nitrogens with one attached hydrogen (secondary N) is 2. The third kappa shape index (κ3) is 6.96. The number of likely N-dealkylation sites (N-methyl/N-ethyl adjacent to an activating group) is 1. The zero-order chi connectivity index (χ0) is 20.6. The third-order valence-electron chi connectivity index (χ3n) is 5.09. The van der Waals surface area contributed by atoms with E-state index in [4.69, 9.17) is 4.74 Å². The van der Waals surface area contributed by atoms with E-state index in [0.29, 0.717) is 6.54 Å². The number of amides is 2. The molecule has 2 amide bonds. The molecule has 6 nitrogen and oxygen atoms in total. The lowest BCUT2D eigenvalue weighted by molar-refractivity contribution is -0.908. The van der Waals surface area contributed by atoms with Crippen molar-refractivity contribution < 1.29 is 19.2 Å². The summed E-state index contributed by atoms with van der Waals surface area (Å²) in [5.74, 6) is -0.225. The summed E-state index contributed by atoms with van der Waals surface area (Å²) in [7, 11) is 1.69. The SMILES string of the molecule is Cc1ccc(NC(=O)CN(C)C(=O)C[NH+](Cc2cccs2)C[C@H]2CCCO2)cc1. The summed E-state index contributed by atoms with van der Waals surface area (Å²) in [5, 5.41) is 4.90. The van der Waals surface area contributed by atoms with Gasteiger partial charge in [0.05, 0.1) is 11.4 Å². The number of benzene rings is 1. The predicted molar refractivity (Wildman–Crippen MR) is 115 cm³/mol. The van der Waals surface area contributed by atoms with Gasteiger partial charge >= 0.3 is 0 Å². The van der Waals surface area contributed by atoms with Crippen LogP contribution in [0.2, 0.25) is 0 Å². The number of carbonyl (C=O) groups excluding carboxylic acids is 2. The molecule has 1 aromatic heterocycles. The smallest absolute Gasteiger partial charge is 0.277 e. The number of ether oxygens (including phenoxy) is 1. The molecule has 3 rings (SSSR count). The Hall–Kier alpha value is -2.22. The molecule has 1 aliphatic rings. The van der Waals surface area contributed by atoms with E-state index < -0.39 is 0 Å². The molecule has 1 fully saturated rings. The summed E-state index contributed by atoms with van der Waals surface area (Å²) in [5.41, 5.74) is 1.88. The van der Waals surface area contributed by atoms with Gasteiger partial charge in [-0.05, 0) is 43.3 Å². The van der Waals surface area contributed by atoms with Crippen LogP contribution < -0.4 is 10.2 Å². The second-order valence-corrected chi connectivity index (χ2v) is 8.72. The van der Waals surface area contributed by atoms with Crippen molar-refractivity contribution in [2.45, 2.75) is 32.4 Å². The van der Waals surface area contributed by atoms with Crippen molar-refractivity contribution in [3.8, 4) is 0 Å². The van der Waals surface area contributed by atoms with Gasteiger partial charge in [0.2, 0.25) is 5.91 Å². The Kier molecular flexibility index (Phi) is 7.80. The molecule has 2 aromatic rings.